The normalized spacial score (nSPS) is 51.5. The molecule has 0 bridgehead atoms. The zero-order valence-electron chi connectivity index (χ0n) is 8.92. The van der Waals surface area contributed by atoms with Gasteiger partial charge in [-0.2, -0.15) is 0 Å². The van der Waals surface area contributed by atoms with E-state index in [-0.39, 0.29) is 0 Å². The largest absolute Gasteiger partial charge is 0.375 e. The van der Waals surface area contributed by atoms with Crippen molar-refractivity contribution in [3.05, 3.63) is 0 Å². The van der Waals surface area contributed by atoms with Gasteiger partial charge in [0.2, 0.25) is 0 Å². The molecule has 0 aromatic carbocycles. The van der Waals surface area contributed by atoms with Crippen LogP contribution in [0.4, 0.5) is 0 Å². The van der Waals surface area contributed by atoms with E-state index in [4.69, 9.17) is 4.74 Å². The summed E-state index contributed by atoms with van der Waals surface area (Å²) in [6.07, 6.45) is 4.83. The molecule has 2 saturated heterocycles. The molecule has 76 valence electrons. The molecule has 1 N–H and O–H groups in total. The summed E-state index contributed by atoms with van der Waals surface area (Å²) in [6.45, 7) is 6.76. The minimum Gasteiger partial charge on any atom is -0.375 e. The van der Waals surface area contributed by atoms with Crippen molar-refractivity contribution in [1.29, 1.82) is 0 Å². The molecule has 5 atom stereocenters. The second kappa shape index (κ2) is 3.58. The van der Waals surface area contributed by atoms with E-state index in [1.807, 2.05) is 0 Å². The second-order valence-corrected chi connectivity index (χ2v) is 4.82. The fraction of sp³-hybridized carbons (Fsp3) is 1.00. The van der Waals surface area contributed by atoms with Crippen LogP contribution in [-0.4, -0.2) is 24.3 Å². The third kappa shape index (κ3) is 1.89. The van der Waals surface area contributed by atoms with Crippen LogP contribution in [0.15, 0.2) is 0 Å². The van der Waals surface area contributed by atoms with Gasteiger partial charge in [-0.15, -0.1) is 0 Å². The van der Waals surface area contributed by atoms with Gasteiger partial charge in [0, 0.05) is 18.0 Å². The molecular formula is C11H21NO. The van der Waals surface area contributed by atoms with Crippen LogP contribution < -0.4 is 5.32 Å². The van der Waals surface area contributed by atoms with Gasteiger partial charge in [0.25, 0.3) is 0 Å². The van der Waals surface area contributed by atoms with Crippen LogP contribution in [-0.2, 0) is 4.74 Å². The second-order valence-electron chi connectivity index (χ2n) is 4.82. The first-order chi connectivity index (χ1) is 6.16. The Labute approximate surface area is 81.0 Å². The first kappa shape index (κ1) is 9.47. The van der Waals surface area contributed by atoms with Crippen molar-refractivity contribution in [1.82, 2.24) is 5.32 Å². The average Bonchev–Trinajstić information content (AvgIpc) is 2.58. The Balaban J connectivity index is 1.93. The van der Waals surface area contributed by atoms with E-state index < -0.39 is 0 Å². The maximum Gasteiger partial charge on any atom is 0.0623 e. The van der Waals surface area contributed by atoms with Crippen molar-refractivity contribution >= 4 is 0 Å². The van der Waals surface area contributed by atoms with E-state index in [9.17, 15) is 0 Å². The van der Waals surface area contributed by atoms with Gasteiger partial charge < -0.3 is 10.1 Å². The SMILES string of the molecule is CC1CC(C2CCC(C)O2)C(C)N1. The fourth-order valence-corrected chi connectivity index (χ4v) is 2.87. The minimum atomic E-state index is 0.494. The predicted molar refractivity (Wildman–Crippen MR) is 53.7 cm³/mol. The van der Waals surface area contributed by atoms with Gasteiger partial charge in [0.1, 0.15) is 0 Å². The fourth-order valence-electron chi connectivity index (χ4n) is 2.87. The first-order valence-corrected chi connectivity index (χ1v) is 5.58. The third-order valence-electron chi connectivity index (χ3n) is 3.56. The first-order valence-electron chi connectivity index (χ1n) is 5.58. The Kier molecular flexibility index (Phi) is 2.61. The van der Waals surface area contributed by atoms with Crippen molar-refractivity contribution in [2.75, 3.05) is 0 Å². The van der Waals surface area contributed by atoms with E-state index in [2.05, 4.69) is 26.1 Å². The standard InChI is InChI=1S/C11H21NO/c1-7-6-10(9(3)12-7)11-5-4-8(2)13-11/h7-12H,4-6H2,1-3H3. The van der Waals surface area contributed by atoms with Gasteiger partial charge in [-0.1, -0.05) is 0 Å². The quantitative estimate of drug-likeness (QED) is 0.671. The summed E-state index contributed by atoms with van der Waals surface area (Å²) in [5, 5.41) is 3.58. The number of nitrogens with one attached hydrogen (secondary N) is 1. The van der Waals surface area contributed by atoms with Crippen LogP contribution in [0.3, 0.4) is 0 Å². The lowest BCUT2D eigenvalue weighted by molar-refractivity contribution is 0.0169. The van der Waals surface area contributed by atoms with Crippen LogP contribution in [0, 0.1) is 5.92 Å². The van der Waals surface area contributed by atoms with Gasteiger partial charge in [-0.3, -0.25) is 0 Å². The number of rotatable bonds is 1. The lowest BCUT2D eigenvalue weighted by atomic mass is 9.92. The van der Waals surface area contributed by atoms with Gasteiger partial charge in [-0.05, 0) is 40.0 Å². The Morgan fingerprint density at radius 1 is 1.15 bits per heavy atom. The topological polar surface area (TPSA) is 21.3 Å². The smallest absolute Gasteiger partial charge is 0.0623 e. The molecule has 2 aliphatic rings. The summed E-state index contributed by atoms with van der Waals surface area (Å²) in [5.74, 6) is 0.750. The highest BCUT2D eigenvalue weighted by atomic mass is 16.5. The number of ether oxygens (including phenoxy) is 1. The molecule has 0 aromatic heterocycles. The highest BCUT2D eigenvalue weighted by molar-refractivity contribution is 4.92. The molecule has 2 heteroatoms. The molecule has 2 rings (SSSR count). The molecule has 2 fully saturated rings. The molecule has 2 nitrogen and oxygen atoms in total. The summed E-state index contributed by atoms with van der Waals surface area (Å²) < 4.78 is 5.92. The molecular weight excluding hydrogens is 162 g/mol. The molecule has 0 aromatic rings. The zero-order valence-corrected chi connectivity index (χ0v) is 8.92. The molecule has 2 aliphatic heterocycles. The van der Waals surface area contributed by atoms with E-state index in [1.54, 1.807) is 0 Å². The van der Waals surface area contributed by atoms with Crippen molar-refractivity contribution in [3.8, 4) is 0 Å². The number of hydrogen-bond acceptors (Lipinski definition) is 2. The van der Waals surface area contributed by atoms with Crippen molar-refractivity contribution in [2.24, 2.45) is 5.92 Å². The van der Waals surface area contributed by atoms with Crippen LogP contribution in [0.25, 0.3) is 0 Å². The van der Waals surface area contributed by atoms with Gasteiger partial charge >= 0.3 is 0 Å². The predicted octanol–water partition coefficient (Wildman–Crippen LogP) is 1.94. The third-order valence-corrected chi connectivity index (χ3v) is 3.56. The molecule has 2 heterocycles. The summed E-state index contributed by atoms with van der Waals surface area (Å²) in [7, 11) is 0. The maximum absolute atomic E-state index is 5.92. The highest BCUT2D eigenvalue weighted by Crippen LogP contribution is 2.33. The van der Waals surface area contributed by atoms with Gasteiger partial charge in [0.15, 0.2) is 0 Å². The maximum atomic E-state index is 5.92. The molecule has 0 saturated carbocycles. The zero-order chi connectivity index (χ0) is 9.42. The van der Waals surface area contributed by atoms with Gasteiger partial charge in [-0.25, -0.2) is 0 Å². The molecule has 13 heavy (non-hydrogen) atoms. The Morgan fingerprint density at radius 2 is 1.92 bits per heavy atom. The number of hydrogen-bond donors (Lipinski definition) is 1. The molecule has 5 unspecified atom stereocenters. The average molecular weight is 183 g/mol. The Morgan fingerprint density at radius 3 is 2.38 bits per heavy atom. The monoisotopic (exact) mass is 183 g/mol. The lowest BCUT2D eigenvalue weighted by Crippen LogP contribution is -2.32. The Hall–Kier alpha value is -0.0800. The van der Waals surface area contributed by atoms with E-state index in [0.29, 0.717) is 24.3 Å². The van der Waals surface area contributed by atoms with Crippen molar-refractivity contribution < 1.29 is 4.74 Å². The van der Waals surface area contributed by atoms with Crippen LogP contribution in [0.2, 0.25) is 0 Å². The lowest BCUT2D eigenvalue weighted by Gasteiger charge is -2.22. The highest BCUT2D eigenvalue weighted by Gasteiger charge is 2.37. The molecule has 0 spiro atoms. The Bertz CT molecular complexity index is 183. The molecule has 0 radical (unpaired) electrons. The summed E-state index contributed by atoms with van der Waals surface area (Å²) in [5.41, 5.74) is 0. The summed E-state index contributed by atoms with van der Waals surface area (Å²) in [4.78, 5) is 0. The summed E-state index contributed by atoms with van der Waals surface area (Å²) >= 11 is 0. The molecule has 0 amide bonds. The van der Waals surface area contributed by atoms with E-state index in [1.165, 1.54) is 19.3 Å². The van der Waals surface area contributed by atoms with Crippen LogP contribution in [0.5, 0.6) is 0 Å². The van der Waals surface area contributed by atoms with Gasteiger partial charge in [0.05, 0.1) is 12.2 Å². The van der Waals surface area contributed by atoms with E-state index >= 15 is 0 Å². The minimum absolute atomic E-state index is 0.494. The van der Waals surface area contributed by atoms with Crippen LogP contribution in [0.1, 0.15) is 40.0 Å². The van der Waals surface area contributed by atoms with Crippen molar-refractivity contribution in [2.45, 2.75) is 64.3 Å². The molecule has 0 aliphatic carbocycles. The van der Waals surface area contributed by atoms with Crippen LogP contribution >= 0.6 is 0 Å². The van der Waals surface area contributed by atoms with E-state index in [0.717, 1.165) is 5.92 Å². The van der Waals surface area contributed by atoms with Crippen molar-refractivity contribution in [3.63, 3.8) is 0 Å². The summed E-state index contributed by atoms with van der Waals surface area (Å²) in [6, 6.07) is 1.32.